The molecule has 0 aliphatic rings. The molecule has 7 heteroatoms. The molecule has 0 atom stereocenters. The van der Waals surface area contributed by atoms with E-state index in [4.69, 9.17) is 4.74 Å². The van der Waals surface area contributed by atoms with Crippen molar-refractivity contribution in [1.82, 2.24) is 0 Å². The zero-order valence-corrected chi connectivity index (χ0v) is 20.0. The Morgan fingerprint density at radius 2 is 1.50 bits per heavy atom. The second-order valence-electron chi connectivity index (χ2n) is 7.96. The Hall–Kier alpha value is -2.54. The highest BCUT2D eigenvalue weighted by atomic mass is 32.2. The number of ether oxygens (including phenoxy) is 1. The summed E-state index contributed by atoms with van der Waals surface area (Å²) in [4.78, 5) is 12.5. The molecule has 0 fully saturated rings. The third-order valence-corrected chi connectivity index (χ3v) is 6.69. The van der Waals surface area contributed by atoms with E-state index in [0.717, 1.165) is 12.8 Å². The van der Waals surface area contributed by atoms with Gasteiger partial charge in [-0.15, -0.1) is 0 Å². The normalized spacial score (nSPS) is 11.2. The van der Waals surface area contributed by atoms with Crippen LogP contribution in [0.3, 0.4) is 0 Å². The lowest BCUT2D eigenvalue weighted by atomic mass is 10.1. The minimum absolute atomic E-state index is 0.0659. The van der Waals surface area contributed by atoms with Gasteiger partial charge in [-0.2, -0.15) is 0 Å². The van der Waals surface area contributed by atoms with Crippen LogP contribution in [0.4, 0.5) is 11.4 Å². The first kappa shape index (κ1) is 25.7. The van der Waals surface area contributed by atoms with Crippen LogP contribution in [0.15, 0.2) is 53.4 Å². The summed E-state index contributed by atoms with van der Waals surface area (Å²) in [6.07, 6.45) is 11.3. The Morgan fingerprint density at radius 1 is 0.875 bits per heavy atom. The minimum atomic E-state index is -3.69. The molecule has 0 aromatic heterocycles. The number of unbranched alkanes of at least 4 members (excludes halogenated alkanes) is 8. The third kappa shape index (κ3) is 8.91. The predicted molar refractivity (Wildman–Crippen MR) is 131 cm³/mol. The van der Waals surface area contributed by atoms with Crippen molar-refractivity contribution in [2.45, 2.75) is 76.0 Å². The second-order valence-corrected chi connectivity index (χ2v) is 9.64. The van der Waals surface area contributed by atoms with Crippen molar-refractivity contribution in [2.75, 3.05) is 17.1 Å². The van der Waals surface area contributed by atoms with Crippen LogP contribution in [0.1, 0.15) is 71.1 Å². The van der Waals surface area contributed by atoms with E-state index in [0.29, 0.717) is 23.5 Å². The number of carbonyl (C=O) groups is 1. The molecule has 2 aromatic carbocycles. The van der Waals surface area contributed by atoms with Gasteiger partial charge in [-0.1, -0.05) is 76.5 Å². The highest BCUT2D eigenvalue weighted by Gasteiger charge is 2.15. The molecule has 0 aliphatic heterocycles. The Morgan fingerprint density at radius 3 is 2.12 bits per heavy atom. The van der Waals surface area contributed by atoms with Gasteiger partial charge in [0.25, 0.3) is 10.0 Å². The maximum atomic E-state index is 12.5. The fraction of sp³-hybridized carbons (Fsp3) is 0.480. The number of hydrogen-bond donors (Lipinski definition) is 2. The van der Waals surface area contributed by atoms with E-state index in [1.807, 2.05) is 0 Å². The zero-order valence-electron chi connectivity index (χ0n) is 19.2. The van der Waals surface area contributed by atoms with Gasteiger partial charge >= 0.3 is 0 Å². The van der Waals surface area contributed by atoms with Gasteiger partial charge < -0.3 is 10.1 Å². The largest absolute Gasteiger partial charge is 0.494 e. The van der Waals surface area contributed by atoms with Gasteiger partial charge in [-0.25, -0.2) is 8.42 Å². The average Bonchev–Trinajstić information content (AvgIpc) is 2.79. The molecule has 2 rings (SSSR count). The molecular formula is C25H36N2O4S. The van der Waals surface area contributed by atoms with E-state index < -0.39 is 10.0 Å². The number of carbonyl (C=O) groups excluding carboxylic acids is 1. The summed E-state index contributed by atoms with van der Waals surface area (Å²) >= 11 is 0. The van der Waals surface area contributed by atoms with Gasteiger partial charge in [0.05, 0.1) is 23.4 Å². The predicted octanol–water partition coefficient (Wildman–Crippen LogP) is 6.36. The summed E-state index contributed by atoms with van der Waals surface area (Å²) in [6, 6.07) is 13.0. The molecule has 0 saturated carbocycles. The Kier molecular flexibility index (Phi) is 11.1. The lowest BCUT2D eigenvalue weighted by molar-refractivity contribution is -0.116. The van der Waals surface area contributed by atoms with Gasteiger partial charge in [0, 0.05) is 12.5 Å². The first-order chi connectivity index (χ1) is 15.5. The molecule has 2 aromatic rings. The standard InChI is InChI=1S/C25H36N2O4S/c1-3-4-5-6-7-8-9-10-14-17-25(28)26-23-19-18-21(20-24(23)31-2)27-32(29,30)22-15-12-11-13-16-22/h11-13,15-16,18-20,27H,3-10,14,17H2,1-2H3,(H,26,28). The van der Waals surface area contributed by atoms with Crippen molar-refractivity contribution < 1.29 is 17.9 Å². The van der Waals surface area contributed by atoms with Crippen molar-refractivity contribution in [2.24, 2.45) is 0 Å². The van der Waals surface area contributed by atoms with Crippen molar-refractivity contribution >= 4 is 27.3 Å². The molecular weight excluding hydrogens is 424 g/mol. The van der Waals surface area contributed by atoms with Crippen LogP contribution in [-0.2, 0) is 14.8 Å². The number of methoxy groups -OCH3 is 1. The van der Waals surface area contributed by atoms with Gasteiger partial charge in [0.15, 0.2) is 0 Å². The van der Waals surface area contributed by atoms with E-state index in [1.54, 1.807) is 36.4 Å². The van der Waals surface area contributed by atoms with Crippen LogP contribution >= 0.6 is 0 Å². The number of anilines is 2. The second kappa shape index (κ2) is 13.8. The molecule has 0 aliphatic carbocycles. The molecule has 1 amide bonds. The highest BCUT2D eigenvalue weighted by Crippen LogP contribution is 2.29. The molecule has 176 valence electrons. The number of sulfonamides is 1. The van der Waals surface area contributed by atoms with Crippen LogP contribution in [-0.4, -0.2) is 21.4 Å². The minimum Gasteiger partial charge on any atom is -0.494 e. The quantitative estimate of drug-likeness (QED) is 0.303. The highest BCUT2D eigenvalue weighted by molar-refractivity contribution is 7.92. The molecule has 6 nitrogen and oxygen atoms in total. The molecule has 0 unspecified atom stereocenters. The number of nitrogens with one attached hydrogen (secondary N) is 2. The Labute approximate surface area is 192 Å². The van der Waals surface area contributed by atoms with Crippen molar-refractivity contribution in [3.63, 3.8) is 0 Å². The first-order valence-electron chi connectivity index (χ1n) is 11.5. The number of amides is 1. The van der Waals surface area contributed by atoms with Gasteiger partial charge in [0.2, 0.25) is 5.91 Å². The average molecular weight is 461 g/mol. The molecule has 0 saturated heterocycles. The van der Waals surface area contributed by atoms with Crippen LogP contribution in [0.2, 0.25) is 0 Å². The van der Waals surface area contributed by atoms with Crippen molar-refractivity contribution in [1.29, 1.82) is 0 Å². The van der Waals surface area contributed by atoms with Crippen LogP contribution in [0, 0.1) is 0 Å². The summed E-state index contributed by atoms with van der Waals surface area (Å²) < 4.78 is 32.9. The smallest absolute Gasteiger partial charge is 0.261 e. The van der Waals surface area contributed by atoms with Crippen LogP contribution in [0.25, 0.3) is 0 Å². The molecule has 0 spiro atoms. The van der Waals surface area contributed by atoms with E-state index in [2.05, 4.69) is 17.0 Å². The number of rotatable bonds is 15. The summed E-state index contributed by atoms with van der Waals surface area (Å²) in [7, 11) is -2.21. The van der Waals surface area contributed by atoms with Gasteiger partial charge in [-0.05, 0) is 30.7 Å². The van der Waals surface area contributed by atoms with Crippen LogP contribution < -0.4 is 14.8 Å². The van der Waals surface area contributed by atoms with Crippen molar-refractivity contribution in [3.05, 3.63) is 48.5 Å². The first-order valence-corrected chi connectivity index (χ1v) is 13.0. The van der Waals surface area contributed by atoms with E-state index in [1.165, 1.54) is 64.2 Å². The molecule has 0 heterocycles. The summed E-state index contributed by atoms with van der Waals surface area (Å²) in [6.45, 7) is 2.22. The summed E-state index contributed by atoms with van der Waals surface area (Å²) in [5, 5.41) is 2.87. The SMILES string of the molecule is CCCCCCCCCCCC(=O)Nc1ccc(NS(=O)(=O)c2ccccc2)cc1OC. The van der Waals surface area contributed by atoms with E-state index >= 15 is 0 Å². The van der Waals surface area contributed by atoms with E-state index in [-0.39, 0.29) is 10.8 Å². The monoisotopic (exact) mass is 460 g/mol. The fourth-order valence-corrected chi connectivity index (χ4v) is 4.55. The van der Waals surface area contributed by atoms with Gasteiger partial charge in [0.1, 0.15) is 5.75 Å². The molecule has 0 radical (unpaired) electrons. The lowest BCUT2D eigenvalue weighted by Gasteiger charge is -2.13. The maximum Gasteiger partial charge on any atom is 0.261 e. The zero-order chi connectivity index (χ0) is 23.2. The van der Waals surface area contributed by atoms with Gasteiger partial charge in [-0.3, -0.25) is 9.52 Å². The van der Waals surface area contributed by atoms with Crippen LogP contribution in [0.5, 0.6) is 5.75 Å². The molecule has 32 heavy (non-hydrogen) atoms. The molecule has 0 bridgehead atoms. The van der Waals surface area contributed by atoms with Crippen molar-refractivity contribution in [3.8, 4) is 5.75 Å². The summed E-state index contributed by atoms with van der Waals surface area (Å²) in [5.74, 6) is 0.336. The maximum absolute atomic E-state index is 12.5. The fourth-order valence-electron chi connectivity index (χ4n) is 3.48. The number of benzene rings is 2. The Balaban J connectivity index is 1.80. The van der Waals surface area contributed by atoms with E-state index in [9.17, 15) is 13.2 Å². The third-order valence-electron chi connectivity index (χ3n) is 5.29. The molecule has 2 N–H and O–H groups in total. The lowest BCUT2D eigenvalue weighted by Crippen LogP contribution is -2.14. The summed E-state index contributed by atoms with van der Waals surface area (Å²) in [5.41, 5.74) is 0.888. The number of hydrogen-bond acceptors (Lipinski definition) is 4. The Bertz CT molecular complexity index is 930. The topological polar surface area (TPSA) is 84.5 Å².